The molecule has 35 heteroatoms. The highest BCUT2D eigenvalue weighted by Crippen LogP contribution is 2.53. The van der Waals surface area contributed by atoms with E-state index >= 15 is 0 Å². The van der Waals surface area contributed by atoms with Crippen LogP contribution in [0.4, 0.5) is 0 Å². The molecule has 10 atom stereocenters. The Balaban J connectivity index is 0.000000113. The average molecular weight is 1990 g/mol. The summed E-state index contributed by atoms with van der Waals surface area (Å²) in [6.07, 6.45) is -0.699. The summed E-state index contributed by atoms with van der Waals surface area (Å²) in [7, 11) is 0. The topological polar surface area (TPSA) is 374 Å². The molecule has 15 aliphatic heterocycles. The number of nitrogens with zero attached hydrogens (tertiary/aromatic N) is 10. The van der Waals surface area contributed by atoms with Crippen molar-refractivity contribution in [2.75, 3.05) is 101 Å². The lowest BCUT2D eigenvalue weighted by Crippen LogP contribution is -2.62. The molecule has 15 aromatic rings. The van der Waals surface area contributed by atoms with Gasteiger partial charge in [0.15, 0.2) is 57.5 Å². The van der Waals surface area contributed by atoms with Crippen molar-refractivity contribution in [3.63, 3.8) is 0 Å². The van der Waals surface area contributed by atoms with Crippen LogP contribution in [-0.2, 0) is 80.0 Å². The molecule has 730 valence electrons. The van der Waals surface area contributed by atoms with Gasteiger partial charge in [0.1, 0.15) is 38.4 Å². The molecular weight excluding hydrogens is 1850 g/mol. The van der Waals surface area contributed by atoms with E-state index in [4.69, 9.17) is 109 Å². The molecule has 5 fully saturated rings. The molecule has 10 aromatic carbocycles. The van der Waals surface area contributed by atoms with Crippen molar-refractivity contribution in [2.45, 2.75) is 92.5 Å². The molecule has 10 amide bonds. The Bertz CT molecular complexity index is 10600. The van der Waals surface area contributed by atoms with E-state index in [0.717, 1.165) is 26.1 Å². The Morgan fingerprint density at radius 1 is 0.269 bits per heavy atom. The maximum atomic E-state index is 13.6. The van der Waals surface area contributed by atoms with Crippen LogP contribution in [0.1, 0.15) is 176 Å². The first-order chi connectivity index (χ1) is 88.8. The lowest BCUT2D eigenvalue weighted by Gasteiger charge is -2.46. The second kappa shape index (κ2) is 33.9. The maximum absolute atomic E-state index is 13.6. The van der Waals surface area contributed by atoms with Crippen LogP contribution in [0.15, 0.2) is 212 Å². The van der Waals surface area contributed by atoms with Crippen LogP contribution >= 0.6 is 0 Å². The zero-order valence-corrected chi connectivity index (χ0v) is 74.2. The normalized spacial score (nSPS) is 28.7. The Morgan fingerprint density at radius 3 is 0.862 bits per heavy atom. The number of ether oxygens (including phenoxy) is 10. The fraction of sp³-hybridized carbons (Fsp3) is 0.273. The third kappa shape index (κ3) is 14.2. The largest absolute Gasteiger partial charge is 0.454 e. The Hall–Kier alpha value is -17.4. The molecule has 0 radical (unpaired) electrons. The number of piperazine rings is 5. The number of hydrogen-bond donors (Lipinski definition) is 5. The van der Waals surface area contributed by atoms with Crippen molar-refractivity contribution in [2.24, 2.45) is 0 Å². The minimum atomic E-state index is -2.97. The van der Waals surface area contributed by atoms with Gasteiger partial charge in [-0.2, -0.15) is 0 Å². The van der Waals surface area contributed by atoms with Crippen LogP contribution in [0.5, 0.6) is 57.5 Å². The summed E-state index contributed by atoms with van der Waals surface area (Å²) in [4.78, 5) is 159. The summed E-state index contributed by atoms with van der Waals surface area (Å²) < 4.78 is 418. The molecular formula is C110H95N15O20. The Morgan fingerprint density at radius 2 is 0.531 bits per heavy atom. The third-order valence-corrected chi connectivity index (χ3v) is 27.6. The molecule has 5 aromatic heterocycles. The van der Waals surface area contributed by atoms with E-state index in [1.54, 1.807) is 30.3 Å². The minimum Gasteiger partial charge on any atom is -0.454 e. The summed E-state index contributed by atoms with van der Waals surface area (Å²) in [6.45, 7) is -26.4. The quantitative estimate of drug-likeness (QED) is 0.107. The molecule has 5 unspecified atom stereocenters. The summed E-state index contributed by atoms with van der Waals surface area (Å²) in [5, 5.41) is 1.72. The lowest BCUT2D eigenvalue weighted by atomic mass is 9.86. The Kier molecular flexibility index (Phi) is 12.3. The monoisotopic (exact) mass is 1990 g/mol. The number of carbonyl (C=O) groups excluding carboxylic acids is 10. The first-order valence-electron chi connectivity index (χ1n) is 67.3. The van der Waals surface area contributed by atoms with Crippen molar-refractivity contribution >= 4 is 114 Å². The molecule has 15 aliphatic rings. The molecule has 5 N–H and O–H groups in total. The van der Waals surface area contributed by atoms with Crippen LogP contribution in [0.3, 0.4) is 0 Å². The minimum absolute atomic E-state index is 0.000637. The van der Waals surface area contributed by atoms with Gasteiger partial charge in [-0.25, -0.2) is 0 Å². The van der Waals surface area contributed by atoms with E-state index in [2.05, 4.69) is 24.9 Å². The van der Waals surface area contributed by atoms with Gasteiger partial charge in [0.05, 0.1) is 95.8 Å². The first kappa shape index (κ1) is 52.4. The van der Waals surface area contributed by atoms with Crippen molar-refractivity contribution in [3.8, 4) is 57.5 Å². The summed E-state index contributed by atoms with van der Waals surface area (Å²) in [5.41, 5.74) is 4.59. The second-order valence-corrected chi connectivity index (χ2v) is 35.3. The van der Waals surface area contributed by atoms with Crippen LogP contribution in [-0.4, -0.2) is 265 Å². The number of para-hydroxylation sites is 5. The van der Waals surface area contributed by atoms with Gasteiger partial charge >= 0.3 is 0 Å². The van der Waals surface area contributed by atoms with Gasteiger partial charge in [-0.3, -0.25) is 47.9 Å². The molecule has 0 aliphatic carbocycles. The summed E-state index contributed by atoms with van der Waals surface area (Å²) in [6, 6.07) is -4.95. The van der Waals surface area contributed by atoms with Gasteiger partial charge in [0.25, 0.3) is 0 Å². The number of aromatic nitrogens is 5. The van der Waals surface area contributed by atoms with Crippen LogP contribution in [0.2, 0.25) is 0 Å². The van der Waals surface area contributed by atoms with E-state index in [1.165, 1.54) is 26.8 Å². The molecule has 20 heterocycles. The fourth-order valence-corrected chi connectivity index (χ4v) is 21.4. The number of amides is 10. The van der Waals surface area contributed by atoms with Crippen LogP contribution in [0, 0.1) is 0 Å². The summed E-state index contributed by atoms with van der Waals surface area (Å²) >= 11 is 0. The fourth-order valence-electron chi connectivity index (χ4n) is 21.4. The molecule has 5 saturated heterocycles. The number of nitrogens with one attached hydrogen (secondary N) is 5. The maximum Gasteiger partial charge on any atom is 0.245 e. The van der Waals surface area contributed by atoms with Crippen molar-refractivity contribution in [1.82, 2.24) is 73.9 Å². The smallest absolute Gasteiger partial charge is 0.245 e. The highest BCUT2D eigenvalue weighted by molar-refractivity contribution is 6.03. The number of fused-ring (bicyclic) bond motifs is 25. The summed E-state index contributed by atoms with van der Waals surface area (Å²) in [5.74, 6) is -9.73. The Labute approximate surface area is 890 Å². The molecule has 0 spiro atoms. The molecule has 145 heavy (non-hydrogen) atoms. The standard InChI is InChI=1S/5C22H19N3O4/c5*1-24-10-19(26)25-16(22(24)27)9-14-13-4-2-3-5-15(13)23-20(14)21(25)12-6-7-17-18(8-12)29-11-28-17/h5*2-8,16,21,23H,9-11H2,1H3/t5*16-,21?/m11111/s1/i1D3,2D,3D,4D,5D,6D,7D,8D,11D2;1D3,2D,3D,4D,5D,6D,7D,8D;1D3,2D,3D,4D,5D,11D2;1D3,6D,7D,8D,11D2;1D3,6D,7D,8D. The second-order valence-electron chi connectivity index (χ2n) is 35.3. The number of H-pyrrole nitrogens is 5. The van der Waals surface area contributed by atoms with Gasteiger partial charge in [0, 0.05) is 171 Å². The van der Waals surface area contributed by atoms with E-state index in [-0.39, 0.29) is 200 Å². The molecule has 30 rings (SSSR count). The molecule has 0 saturated carbocycles. The predicted octanol–water partition coefficient (Wildman–Crippen LogP) is 11.1. The number of rotatable bonds is 5. The van der Waals surface area contributed by atoms with E-state index in [1.807, 2.05) is 24.3 Å². The van der Waals surface area contributed by atoms with E-state index in [0.29, 0.717) is 69.4 Å². The predicted molar refractivity (Wildman–Crippen MR) is 523 cm³/mol. The van der Waals surface area contributed by atoms with Gasteiger partial charge in [-0.1, -0.05) is 121 Å². The first-order valence-corrected chi connectivity index (χ1v) is 44.8. The highest BCUT2D eigenvalue weighted by atomic mass is 16.7. The number of hydrogen-bond acceptors (Lipinski definition) is 20. The molecule has 35 nitrogen and oxygen atoms in total. The number of likely N-dealkylation sites (N-methyl/N-ethyl adjacent to an activating group) is 5. The lowest BCUT2D eigenvalue weighted by molar-refractivity contribution is -0.157. The number of aromatic amines is 5. The van der Waals surface area contributed by atoms with Gasteiger partial charge in [-0.05, 0) is 146 Å². The van der Waals surface area contributed by atoms with Gasteiger partial charge in [0.2, 0.25) is 92.9 Å². The number of carbonyl (C=O) groups is 10. The van der Waals surface area contributed by atoms with Gasteiger partial charge < -0.3 is 121 Å². The molecule has 0 bridgehead atoms. The highest BCUT2D eigenvalue weighted by Gasteiger charge is 2.55. The number of benzene rings is 10. The average Bonchev–Trinajstić information content (AvgIpc) is 1.54. The van der Waals surface area contributed by atoms with Crippen molar-refractivity contribution in [3.05, 3.63) is 296 Å². The van der Waals surface area contributed by atoms with Crippen LogP contribution in [0.25, 0.3) is 54.5 Å². The third-order valence-electron chi connectivity index (χ3n) is 27.6. The van der Waals surface area contributed by atoms with Gasteiger partial charge in [-0.15, -0.1) is 0 Å². The van der Waals surface area contributed by atoms with Crippen molar-refractivity contribution in [1.29, 1.82) is 0 Å². The SMILES string of the molecule is [2H]c1c([2H])c(C2c3[nH]c4c([2H])c([2H])c([2H])c([2H])c4c3C[C@@H]3C(=O)N(C([2H])([2H])[2H])CC(=O)N23)c([2H])c2c1OC([2H])([2H])O2.[2H]c1c([2H])c(C2c3[nH]c4c([2H])c([2H])c([2H])c([2H])c4c3C[C@@H]3C(=O)N(C([2H])([2H])[2H])CC(=O)N23)c([2H])c2c1OCO2.[2H]c1c([2H])c(C2c3[nH]c4ccccc4c3C[C@@H]3C(=O)N(C([2H])([2H])[2H])CC(=O)N23)c([2H])c2c1OC([2H])([2H])O2.[2H]c1c([2H])c(C2c3[nH]c4ccccc4c3C[C@@H]3C(=O)N(C([2H])([2H])[2H])CC(=O)N23)c([2H])c2c1OCO2.[2H]c1c([2H])c([2H])c2c3c([nH]c2c1[2H])C(c1ccc2c(c1)OC([2H])([2H])O2)N1C(=O)CN(C([2H])([2H])[2H])C(=O)[C@H]1C3. The zero-order chi connectivity index (χ0) is 137. The van der Waals surface area contributed by atoms with E-state index < -0.39 is 333 Å². The van der Waals surface area contributed by atoms with Crippen LogP contribution < -0.4 is 47.4 Å². The van der Waals surface area contributed by atoms with Crippen molar-refractivity contribution < 1.29 is 157 Å². The van der Waals surface area contributed by atoms with E-state index in [9.17, 15) is 47.9 Å². The zero-order valence-electron chi connectivity index (χ0n) is 119.